The van der Waals surface area contributed by atoms with Gasteiger partial charge in [-0.05, 0) is 29.2 Å². The fourth-order valence-corrected chi connectivity index (χ4v) is 3.76. The fraction of sp³-hybridized carbons (Fsp3) is 0.478. The van der Waals surface area contributed by atoms with Crippen LogP contribution in [-0.2, 0) is 0 Å². The van der Waals surface area contributed by atoms with Crippen molar-refractivity contribution in [3.8, 4) is 5.75 Å². The second kappa shape index (κ2) is 9.20. The SMILES string of the molecule is CC(C)COc1ccc([C@H](O)[C@H](C[NH+]2CCCC2)c2ccccc2)cc1. The van der Waals surface area contributed by atoms with Gasteiger partial charge < -0.3 is 14.7 Å². The number of benzene rings is 2. The Morgan fingerprint density at radius 1 is 0.923 bits per heavy atom. The number of ether oxygens (including phenoxy) is 1. The lowest BCUT2D eigenvalue weighted by molar-refractivity contribution is -0.889. The molecule has 2 atom stereocenters. The van der Waals surface area contributed by atoms with Crippen LogP contribution in [-0.4, -0.2) is 31.3 Å². The van der Waals surface area contributed by atoms with Crippen molar-refractivity contribution in [2.24, 2.45) is 5.92 Å². The van der Waals surface area contributed by atoms with E-state index in [-0.39, 0.29) is 5.92 Å². The van der Waals surface area contributed by atoms with Crippen LogP contribution < -0.4 is 9.64 Å². The highest BCUT2D eigenvalue weighted by Crippen LogP contribution is 2.31. The molecule has 0 aromatic heterocycles. The lowest BCUT2D eigenvalue weighted by Crippen LogP contribution is -3.10. The van der Waals surface area contributed by atoms with E-state index in [1.165, 1.54) is 31.5 Å². The molecule has 0 bridgehead atoms. The van der Waals surface area contributed by atoms with E-state index in [9.17, 15) is 5.11 Å². The van der Waals surface area contributed by atoms with Crippen LogP contribution >= 0.6 is 0 Å². The smallest absolute Gasteiger partial charge is 0.119 e. The first kappa shape index (κ1) is 18.9. The number of nitrogens with one attached hydrogen (secondary N) is 1. The van der Waals surface area contributed by atoms with Gasteiger partial charge in [0.05, 0.1) is 38.3 Å². The van der Waals surface area contributed by atoms with E-state index < -0.39 is 6.10 Å². The molecule has 0 unspecified atom stereocenters. The van der Waals surface area contributed by atoms with Crippen LogP contribution in [0.25, 0.3) is 0 Å². The minimum atomic E-state index is -0.496. The maximum atomic E-state index is 11.1. The van der Waals surface area contributed by atoms with E-state index in [4.69, 9.17) is 4.74 Å². The number of likely N-dealkylation sites (tertiary alicyclic amines) is 1. The minimum Gasteiger partial charge on any atom is -0.493 e. The summed E-state index contributed by atoms with van der Waals surface area (Å²) in [7, 11) is 0. The van der Waals surface area contributed by atoms with Crippen molar-refractivity contribution in [2.75, 3.05) is 26.2 Å². The van der Waals surface area contributed by atoms with Gasteiger partial charge in [0.25, 0.3) is 0 Å². The third-order valence-corrected chi connectivity index (χ3v) is 5.23. The highest BCUT2D eigenvalue weighted by molar-refractivity contribution is 5.31. The lowest BCUT2D eigenvalue weighted by atomic mass is 9.88. The van der Waals surface area contributed by atoms with Gasteiger partial charge in [-0.1, -0.05) is 56.3 Å². The van der Waals surface area contributed by atoms with Crippen molar-refractivity contribution in [1.82, 2.24) is 0 Å². The molecule has 1 fully saturated rings. The Bertz CT molecular complexity index is 648. The van der Waals surface area contributed by atoms with Gasteiger partial charge in [-0.2, -0.15) is 0 Å². The molecule has 2 aromatic carbocycles. The summed E-state index contributed by atoms with van der Waals surface area (Å²) < 4.78 is 5.77. The van der Waals surface area contributed by atoms with E-state index in [2.05, 4.69) is 38.1 Å². The summed E-state index contributed by atoms with van der Waals surface area (Å²) in [4.78, 5) is 1.61. The molecule has 3 rings (SSSR count). The maximum Gasteiger partial charge on any atom is 0.119 e. The van der Waals surface area contributed by atoms with Gasteiger partial charge >= 0.3 is 0 Å². The Labute approximate surface area is 157 Å². The van der Waals surface area contributed by atoms with Crippen LogP contribution in [0.2, 0.25) is 0 Å². The predicted molar refractivity (Wildman–Crippen MR) is 106 cm³/mol. The third-order valence-electron chi connectivity index (χ3n) is 5.23. The molecular weight excluding hydrogens is 322 g/mol. The molecule has 1 saturated heterocycles. The Kier molecular flexibility index (Phi) is 6.70. The maximum absolute atomic E-state index is 11.1. The van der Waals surface area contributed by atoms with E-state index in [0.29, 0.717) is 12.5 Å². The van der Waals surface area contributed by atoms with Crippen LogP contribution in [0.5, 0.6) is 5.75 Å². The monoisotopic (exact) mass is 354 g/mol. The largest absolute Gasteiger partial charge is 0.493 e. The van der Waals surface area contributed by atoms with Crippen molar-refractivity contribution in [1.29, 1.82) is 0 Å². The van der Waals surface area contributed by atoms with Gasteiger partial charge in [0, 0.05) is 12.8 Å². The van der Waals surface area contributed by atoms with Crippen LogP contribution in [0.1, 0.15) is 49.8 Å². The van der Waals surface area contributed by atoms with Crippen molar-refractivity contribution in [3.63, 3.8) is 0 Å². The zero-order chi connectivity index (χ0) is 18.4. The summed E-state index contributed by atoms with van der Waals surface area (Å²) in [6.07, 6.45) is 2.11. The van der Waals surface area contributed by atoms with Crippen molar-refractivity contribution in [2.45, 2.75) is 38.7 Å². The Morgan fingerprint density at radius 3 is 2.19 bits per heavy atom. The highest BCUT2D eigenvalue weighted by atomic mass is 16.5. The molecule has 2 aromatic rings. The molecule has 3 heteroatoms. The molecule has 1 aliphatic heterocycles. The Hall–Kier alpha value is -1.84. The Morgan fingerprint density at radius 2 is 1.58 bits per heavy atom. The number of hydrogen-bond donors (Lipinski definition) is 2. The summed E-state index contributed by atoms with van der Waals surface area (Å²) in [5, 5.41) is 11.1. The first-order valence-electron chi connectivity index (χ1n) is 9.93. The normalized spacial score (nSPS) is 17.4. The van der Waals surface area contributed by atoms with Gasteiger partial charge in [0.1, 0.15) is 5.75 Å². The lowest BCUT2D eigenvalue weighted by Gasteiger charge is -2.26. The number of rotatable bonds is 8. The molecule has 3 nitrogen and oxygen atoms in total. The second-order valence-electron chi connectivity index (χ2n) is 7.90. The topological polar surface area (TPSA) is 33.9 Å². The summed E-state index contributed by atoms with van der Waals surface area (Å²) in [6.45, 7) is 8.42. The van der Waals surface area contributed by atoms with Gasteiger partial charge in [-0.25, -0.2) is 0 Å². The first-order valence-corrected chi connectivity index (χ1v) is 9.93. The molecular formula is C23H32NO2+. The molecule has 0 aliphatic carbocycles. The first-order chi connectivity index (χ1) is 12.6. The van der Waals surface area contributed by atoms with Gasteiger partial charge in [-0.3, -0.25) is 0 Å². The summed E-state index contributed by atoms with van der Waals surface area (Å²) in [6, 6.07) is 18.4. The van der Waals surface area contributed by atoms with E-state index in [0.717, 1.165) is 17.9 Å². The van der Waals surface area contributed by atoms with E-state index >= 15 is 0 Å². The third kappa shape index (κ3) is 5.09. The molecule has 1 heterocycles. The van der Waals surface area contributed by atoms with Gasteiger partial charge in [0.15, 0.2) is 0 Å². The molecule has 1 aliphatic rings. The summed E-state index contributed by atoms with van der Waals surface area (Å²) >= 11 is 0. The average molecular weight is 355 g/mol. The van der Waals surface area contributed by atoms with Crippen LogP contribution in [0, 0.1) is 5.92 Å². The van der Waals surface area contributed by atoms with Crippen LogP contribution in [0.4, 0.5) is 0 Å². The fourth-order valence-electron chi connectivity index (χ4n) is 3.76. The molecule has 26 heavy (non-hydrogen) atoms. The number of quaternary nitrogens is 1. The predicted octanol–water partition coefficient (Wildman–Crippen LogP) is 3.22. The van der Waals surface area contributed by atoms with E-state index in [1.807, 2.05) is 30.3 Å². The summed E-state index contributed by atoms with van der Waals surface area (Å²) in [5.74, 6) is 1.49. The second-order valence-corrected chi connectivity index (χ2v) is 7.90. The van der Waals surface area contributed by atoms with Gasteiger partial charge in [-0.15, -0.1) is 0 Å². The zero-order valence-corrected chi connectivity index (χ0v) is 16.0. The van der Waals surface area contributed by atoms with Crippen molar-refractivity contribution in [3.05, 3.63) is 65.7 Å². The van der Waals surface area contributed by atoms with Gasteiger partial charge in [0.2, 0.25) is 0 Å². The summed E-state index contributed by atoms with van der Waals surface area (Å²) in [5.41, 5.74) is 2.19. The molecule has 0 saturated carbocycles. The van der Waals surface area contributed by atoms with E-state index in [1.54, 1.807) is 4.90 Å². The molecule has 140 valence electrons. The number of aliphatic hydroxyl groups is 1. The quantitative estimate of drug-likeness (QED) is 0.763. The van der Waals surface area contributed by atoms with Crippen LogP contribution in [0.3, 0.4) is 0 Å². The van der Waals surface area contributed by atoms with Crippen molar-refractivity contribution < 1.29 is 14.7 Å². The van der Waals surface area contributed by atoms with Crippen molar-refractivity contribution >= 4 is 0 Å². The zero-order valence-electron chi connectivity index (χ0n) is 16.0. The molecule has 0 radical (unpaired) electrons. The van der Waals surface area contributed by atoms with Crippen LogP contribution in [0.15, 0.2) is 54.6 Å². The molecule has 2 N–H and O–H groups in total. The standard InChI is InChI=1S/C23H31NO2/c1-18(2)17-26-21-12-10-20(11-13-21)23(25)22(16-24-14-6-7-15-24)19-8-4-3-5-9-19/h3-5,8-13,18,22-23,25H,6-7,14-17H2,1-2H3/p+1/t22-,23+/m1/s1. The average Bonchev–Trinajstić information content (AvgIpc) is 3.18. The number of hydrogen-bond acceptors (Lipinski definition) is 2. The minimum absolute atomic E-state index is 0.117. The highest BCUT2D eigenvalue weighted by Gasteiger charge is 2.29. The Balaban J connectivity index is 1.74. The molecule has 0 spiro atoms. The molecule has 0 amide bonds. The number of aliphatic hydroxyl groups excluding tert-OH is 1.